The molecule has 0 aliphatic heterocycles. The predicted molar refractivity (Wildman–Crippen MR) is 143 cm³/mol. The molecule has 0 bridgehead atoms. The molecular weight excluding hydrogens is 528 g/mol. The van der Waals surface area contributed by atoms with Crippen molar-refractivity contribution in [1.29, 1.82) is 0 Å². The van der Waals surface area contributed by atoms with Gasteiger partial charge in [0.1, 0.15) is 11.9 Å². The second kappa shape index (κ2) is 13.7. The average Bonchev–Trinajstić information content (AvgIpc) is 2.87. The molecule has 0 saturated heterocycles. The molecule has 8 heteroatoms. The molecule has 0 fully saturated rings. The lowest BCUT2D eigenvalue weighted by Crippen LogP contribution is -1.99. The van der Waals surface area contributed by atoms with Crippen LogP contribution in [-0.2, 0) is 18.0 Å². The lowest BCUT2D eigenvalue weighted by molar-refractivity contribution is 0.107. The number of aliphatic hydroxyl groups is 1. The first-order chi connectivity index (χ1) is 16.9. The van der Waals surface area contributed by atoms with Gasteiger partial charge in [0.05, 0.1) is 20.3 Å². The van der Waals surface area contributed by atoms with Crippen molar-refractivity contribution in [2.24, 2.45) is 0 Å². The predicted octanol–water partition coefficient (Wildman–Crippen LogP) is 8.19. The van der Waals surface area contributed by atoms with Crippen LogP contribution in [0.15, 0.2) is 85.2 Å². The quantitative estimate of drug-likeness (QED) is 0.252. The molecule has 35 heavy (non-hydrogen) atoms. The summed E-state index contributed by atoms with van der Waals surface area (Å²) in [6.45, 7) is 0.796. The highest BCUT2D eigenvalue weighted by molar-refractivity contribution is 6.35. The zero-order chi connectivity index (χ0) is 25.2. The van der Waals surface area contributed by atoms with E-state index in [1.165, 1.54) is 0 Å². The summed E-state index contributed by atoms with van der Waals surface area (Å²) in [5.74, 6) is 0.780. The van der Waals surface area contributed by atoms with Gasteiger partial charge in [-0.15, -0.1) is 0 Å². The van der Waals surface area contributed by atoms with Crippen molar-refractivity contribution in [3.63, 3.8) is 0 Å². The normalized spacial score (nSPS) is 11.4. The van der Waals surface area contributed by atoms with Gasteiger partial charge < -0.3 is 14.6 Å². The van der Waals surface area contributed by atoms with E-state index in [-0.39, 0.29) is 0 Å². The van der Waals surface area contributed by atoms with Crippen molar-refractivity contribution >= 4 is 46.4 Å². The van der Waals surface area contributed by atoms with Crippen molar-refractivity contribution < 1.29 is 14.6 Å². The molecule has 0 amide bonds. The molecular formula is C27H23Cl4NO3. The molecule has 0 saturated carbocycles. The van der Waals surface area contributed by atoms with Crippen LogP contribution in [-0.4, -0.2) is 17.2 Å². The van der Waals surface area contributed by atoms with Crippen molar-refractivity contribution in [3.8, 4) is 5.75 Å². The number of hydrogen-bond acceptors (Lipinski definition) is 4. The number of benzene rings is 3. The van der Waals surface area contributed by atoms with Crippen LogP contribution < -0.4 is 4.74 Å². The van der Waals surface area contributed by atoms with Crippen molar-refractivity contribution in [1.82, 2.24) is 4.98 Å². The maximum atomic E-state index is 10.1. The Bertz CT molecular complexity index is 1170. The third kappa shape index (κ3) is 8.39. The third-order valence-corrected chi connectivity index (χ3v) is 6.15. The Balaban J connectivity index is 0.000000198. The Labute approximate surface area is 225 Å². The molecule has 4 rings (SSSR count). The van der Waals surface area contributed by atoms with Crippen LogP contribution in [0.5, 0.6) is 5.75 Å². The van der Waals surface area contributed by atoms with Crippen LogP contribution in [0.25, 0.3) is 0 Å². The van der Waals surface area contributed by atoms with Crippen LogP contribution in [0.3, 0.4) is 0 Å². The van der Waals surface area contributed by atoms with E-state index in [9.17, 15) is 5.11 Å². The molecule has 3 aromatic carbocycles. The molecule has 1 N–H and O–H groups in total. The molecule has 0 aliphatic carbocycles. The molecule has 182 valence electrons. The Morgan fingerprint density at radius 2 is 1.34 bits per heavy atom. The van der Waals surface area contributed by atoms with Gasteiger partial charge in [-0.3, -0.25) is 4.98 Å². The monoisotopic (exact) mass is 549 g/mol. The molecule has 1 atom stereocenters. The number of hydrogen-bond donors (Lipinski definition) is 1. The first-order valence-electron chi connectivity index (χ1n) is 10.5. The number of aliphatic hydroxyl groups excluding tert-OH is 1. The number of methoxy groups -OCH3 is 1. The molecule has 0 spiro atoms. The van der Waals surface area contributed by atoms with Crippen LogP contribution in [0.4, 0.5) is 0 Å². The summed E-state index contributed by atoms with van der Waals surface area (Å²) in [7, 11) is 1.62. The number of aromatic nitrogens is 1. The maximum absolute atomic E-state index is 10.1. The fourth-order valence-corrected chi connectivity index (χ4v) is 3.99. The van der Waals surface area contributed by atoms with Gasteiger partial charge in [-0.2, -0.15) is 0 Å². The number of halogens is 4. The fraction of sp³-hybridized carbons (Fsp3) is 0.148. The zero-order valence-electron chi connectivity index (χ0n) is 18.8. The topological polar surface area (TPSA) is 51.6 Å². The van der Waals surface area contributed by atoms with E-state index in [1.54, 1.807) is 43.8 Å². The second-order valence-corrected chi connectivity index (χ2v) is 9.11. The van der Waals surface area contributed by atoms with E-state index in [4.69, 9.17) is 55.9 Å². The van der Waals surface area contributed by atoms with Crippen molar-refractivity contribution in [2.45, 2.75) is 19.3 Å². The minimum atomic E-state index is -0.639. The number of rotatable bonds is 7. The smallest absolute Gasteiger partial charge is 0.118 e. The van der Waals surface area contributed by atoms with Gasteiger partial charge in [0, 0.05) is 38.0 Å². The second-order valence-electron chi connectivity index (χ2n) is 7.43. The van der Waals surface area contributed by atoms with Gasteiger partial charge in [0.2, 0.25) is 0 Å². The van der Waals surface area contributed by atoms with Gasteiger partial charge in [0.15, 0.2) is 0 Å². The highest BCUT2D eigenvalue weighted by Crippen LogP contribution is 2.25. The minimum absolute atomic E-state index is 0.398. The summed E-state index contributed by atoms with van der Waals surface area (Å²) in [4.78, 5) is 3.98. The first-order valence-corrected chi connectivity index (χ1v) is 12.1. The summed E-state index contributed by atoms with van der Waals surface area (Å²) in [6, 6.07) is 21.6. The summed E-state index contributed by atoms with van der Waals surface area (Å²) in [5.41, 5.74) is 3.38. The average molecular weight is 551 g/mol. The van der Waals surface area contributed by atoms with Gasteiger partial charge in [-0.05, 0) is 59.2 Å². The number of nitrogens with zero attached hydrogens (tertiary/aromatic N) is 1. The Morgan fingerprint density at radius 1 is 0.771 bits per heavy atom. The van der Waals surface area contributed by atoms with E-state index in [0.717, 1.165) is 28.0 Å². The number of ether oxygens (including phenoxy) is 2. The van der Waals surface area contributed by atoms with Gasteiger partial charge >= 0.3 is 0 Å². The van der Waals surface area contributed by atoms with Gasteiger partial charge in [0.25, 0.3) is 0 Å². The summed E-state index contributed by atoms with van der Waals surface area (Å²) < 4.78 is 10.7. The molecule has 4 nitrogen and oxygen atoms in total. The summed E-state index contributed by atoms with van der Waals surface area (Å²) in [6.07, 6.45) is 2.71. The standard InChI is InChI=1S/C14H10Cl4O.C13H13NO2/c15-11-3-1-9(13(17)5-11)7-19-8-10-2-4-12(16)6-14(10)18;1-16-12-6-4-10(5-7-12)13(15)11-3-2-8-14-9-11/h1-6H,7-8H2;2-9,13,15H,1H3. The SMILES string of the molecule is COc1ccc(C(O)c2cccnc2)cc1.Clc1ccc(COCc2ccc(Cl)cc2Cl)c(Cl)c1. The molecule has 0 radical (unpaired) electrons. The van der Waals surface area contributed by atoms with Crippen LogP contribution >= 0.6 is 46.4 Å². The van der Waals surface area contributed by atoms with Gasteiger partial charge in [-0.25, -0.2) is 0 Å². The molecule has 1 heterocycles. The van der Waals surface area contributed by atoms with E-state index in [0.29, 0.717) is 33.3 Å². The summed E-state index contributed by atoms with van der Waals surface area (Å²) >= 11 is 23.8. The third-order valence-electron chi connectivity index (χ3n) is 4.98. The Kier molecular flexibility index (Phi) is 10.7. The lowest BCUT2D eigenvalue weighted by Gasteiger charge is -2.11. The zero-order valence-corrected chi connectivity index (χ0v) is 21.8. The molecule has 1 aromatic heterocycles. The van der Waals surface area contributed by atoms with E-state index >= 15 is 0 Å². The van der Waals surface area contributed by atoms with Crippen molar-refractivity contribution in [3.05, 3.63) is 128 Å². The molecule has 4 aromatic rings. The van der Waals surface area contributed by atoms with Crippen molar-refractivity contribution in [2.75, 3.05) is 7.11 Å². The van der Waals surface area contributed by atoms with Crippen LogP contribution in [0.1, 0.15) is 28.4 Å². The minimum Gasteiger partial charge on any atom is -0.497 e. The Hall–Kier alpha value is -2.31. The van der Waals surface area contributed by atoms with Crippen LogP contribution in [0.2, 0.25) is 20.1 Å². The van der Waals surface area contributed by atoms with E-state index in [2.05, 4.69) is 4.98 Å². The largest absolute Gasteiger partial charge is 0.497 e. The fourth-order valence-electron chi connectivity index (χ4n) is 3.06. The molecule has 1 unspecified atom stereocenters. The van der Waals surface area contributed by atoms with Crippen LogP contribution in [0, 0.1) is 0 Å². The summed E-state index contributed by atoms with van der Waals surface area (Å²) in [5, 5.41) is 12.5. The highest BCUT2D eigenvalue weighted by atomic mass is 35.5. The van der Waals surface area contributed by atoms with E-state index < -0.39 is 6.10 Å². The first kappa shape index (κ1) is 27.3. The lowest BCUT2D eigenvalue weighted by atomic mass is 10.0. The Morgan fingerprint density at radius 3 is 1.80 bits per heavy atom. The highest BCUT2D eigenvalue weighted by Gasteiger charge is 2.10. The van der Waals surface area contributed by atoms with Gasteiger partial charge in [-0.1, -0.05) is 76.7 Å². The van der Waals surface area contributed by atoms with E-state index in [1.807, 2.05) is 48.5 Å². The maximum Gasteiger partial charge on any atom is 0.118 e. The molecule has 0 aliphatic rings. The number of pyridine rings is 1.